The average Bonchev–Trinajstić information content (AvgIpc) is 3.40. The van der Waals surface area contributed by atoms with Crippen molar-refractivity contribution in [2.45, 2.75) is 70.5 Å². The number of amides is 2. The van der Waals surface area contributed by atoms with Gasteiger partial charge in [0, 0.05) is 48.7 Å². The summed E-state index contributed by atoms with van der Waals surface area (Å²) in [4.78, 5) is 35.1. The number of benzene rings is 2. The maximum absolute atomic E-state index is 13.6. The minimum atomic E-state index is -0.674. The van der Waals surface area contributed by atoms with E-state index in [0.717, 1.165) is 53.5 Å². The number of hydrogen-bond acceptors (Lipinski definition) is 4. The summed E-state index contributed by atoms with van der Waals surface area (Å²) in [7, 11) is 0. The van der Waals surface area contributed by atoms with Crippen molar-refractivity contribution in [1.29, 1.82) is 0 Å². The number of rotatable bonds is 9. The van der Waals surface area contributed by atoms with Gasteiger partial charge in [-0.15, -0.1) is 0 Å². The number of likely N-dealkylation sites (tertiary alicyclic amines) is 2. The summed E-state index contributed by atoms with van der Waals surface area (Å²) in [5.74, 6) is -0.450. The summed E-state index contributed by atoms with van der Waals surface area (Å²) in [6, 6.07) is 16.1. The number of aryl methyl sites for hydroxylation is 1. The molecule has 0 spiro atoms. The third kappa shape index (κ3) is 6.71. The quantitative estimate of drug-likeness (QED) is 0.386. The summed E-state index contributed by atoms with van der Waals surface area (Å²) < 4.78 is 0. The molecule has 2 saturated heterocycles. The highest BCUT2D eigenvalue weighted by Gasteiger charge is 2.31. The first-order valence-electron chi connectivity index (χ1n) is 14.6. The normalized spacial score (nSPS) is 19.0. The second-order valence-corrected chi connectivity index (χ2v) is 11.4. The molecular formula is C32H43N5O2. The molecule has 3 heterocycles. The largest absolute Gasteiger partial charge is 0.361 e. The molecule has 3 N–H and O–H groups in total. The Morgan fingerprint density at radius 3 is 2.46 bits per heavy atom. The molecule has 3 aromatic rings. The van der Waals surface area contributed by atoms with Crippen molar-refractivity contribution in [1.82, 2.24) is 25.4 Å². The van der Waals surface area contributed by atoms with Gasteiger partial charge in [0.15, 0.2) is 0 Å². The van der Waals surface area contributed by atoms with Crippen LogP contribution >= 0.6 is 0 Å². The zero-order valence-corrected chi connectivity index (χ0v) is 23.4. The van der Waals surface area contributed by atoms with Crippen LogP contribution in [0.2, 0.25) is 0 Å². The van der Waals surface area contributed by atoms with Gasteiger partial charge in [-0.05, 0) is 68.5 Å². The molecule has 2 unspecified atom stereocenters. The van der Waals surface area contributed by atoms with Gasteiger partial charge in [0.05, 0.1) is 6.54 Å². The maximum atomic E-state index is 13.6. The number of fused-ring (bicyclic) bond motifs is 1. The highest BCUT2D eigenvalue weighted by Crippen LogP contribution is 2.28. The van der Waals surface area contributed by atoms with Crippen LogP contribution in [0.1, 0.15) is 61.6 Å². The lowest BCUT2D eigenvalue weighted by molar-refractivity contribution is -0.130. The van der Waals surface area contributed by atoms with Crippen LogP contribution in [0.15, 0.2) is 54.7 Å². The molecule has 7 nitrogen and oxygen atoms in total. The number of para-hydroxylation sites is 1. The molecule has 0 aliphatic carbocycles. The van der Waals surface area contributed by atoms with Gasteiger partial charge < -0.3 is 20.5 Å². The first-order valence-corrected chi connectivity index (χ1v) is 14.6. The number of nitrogens with zero attached hydrogens (tertiary/aromatic N) is 2. The predicted molar refractivity (Wildman–Crippen MR) is 157 cm³/mol. The van der Waals surface area contributed by atoms with Crippen molar-refractivity contribution in [2.24, 2.45) is 0 Å². The number of aromatic nitrogens is 1. The fourth-order valence-corrected chi connectivity index (χ4v) is 6.32. The lowest BCUT2D eigenvalue weighted by Gasteiger charge is -2.40. The Morgan fingerprint density at radius 1 is 0.974 bits per heavy atom. The second kappa shape index (κ2) is 12.8. The molecule has 0 radical (unpaired) electrons. The van der Waals surface area contributed by atoms with Crippen LogP contribution < -0.4 is 10.6 Å². The minimum absolute atomic E-state index is 0.0887. The number of aromatic amines is 1. The Labute approximate surface area is 232 Å². The van der Waals surface area contributed by atoms with E-state index in [-0.39, 0.29) is 17.7 Å². The molecule has 1 aromatic heterocycles. The van der Waals surface area contributed by atoms with Gasteiger partial charge in [-0.1, -0.05) is 55.8 Å². The number of nitrogens with one attached hydrogen (secondary N) is 3. The Balaban J connectivity index is 1.24. The average molecular weight is 530 g/mol. The first-order chi connectivity index (χ1) is 19.0. The lowest BCUT2D eigenvalue weighted by Crippen LogP contribution is -2.53. The van der Waals surface area contributed by atoms with Gasteiger partial charge in [-0.25, -0.2) is 0 Å². The number of carbonyl (C=O) groups excluding carboxylic acids is 2. The predicted octanol–water partition coefficient (Wildman–Crippen LogP) is 4.33. The Hall–Kier alpha value is -3.16. The van der Waals surface area contributed by atoms with E-state index >= 15 is 0 Å². The van der Waals surface area contributed by atoms with Crippen LogP contribution in [0.5, 0.6) is 0 Å². The van der Waals surface area contributed by atoms with Gasteiger partial charge in [0.25, 0.3) is 0 Å². The fraction of sp³-hybridized carbons (Fsp3) is 0.500. The highest BCUT2D eigenvalue weighted by molar-refractivity contribution is 5.91. The van der Waals surface area contributed by atoms with Crippen molar-refractivity contribution in [3.8, 4) is 0 Å². The molecule has 208 valence electrons. The van der Waals surface area contributed by atoms with E-state index in [1.54, 1.807) is 0 Å². The summed E-state index contributed by atoms with van der Waals surface area (Å²) in [6.45, 7) is 9.12. The van der Waals surface area contributed by atoms with Crippen molar-refractivity contribution in [2.75, 3.05) is 32.7 Å². The smallest absolute Gasteiger partial charge is 0.243 e. The first kappa shape index (κ1) is 27.4. The van der Waals surface area contributed by atoms with Crippen molar-refractivity contribution >= 4 is 22.7 Å². The monoisotopic (exact) mass is 529 g/mol. The number of piperidine rings is 2. The molecule has 2 fully saturated rings. The summed E-state index contributed by atoms with van der Waals surface area (Å²) >= 11 is 0. The highest BCUT2D eigenvalue weighted by atomic mass is 16.2. The molecule has 39 heavy (non-hydrogen) atoms. The van der Waals surface area contributed by atoms with Gasteiger partial charge in [0.1, 0.15) is 6.04 Å². The lowest BCUT2D eigenvalue weighted by atomic mass is 9.92. The zero-order valence-electron chi connectivity index (χ0n) is 23.4. The van der Waals surface area contributed by atoms with Gasteiger partial charge in [0.2, 0.25) is 11.8 Å². The molecule has 5 rings (SSSR count). The van der Waals surface area contributed by atoms with E-state index in [1.807, 2.05) is 62.5 Å². The number of H-pyrrole nitrogens is 1. The third-order valence-electron chi connectivity index (χ3n) is 8.76. The molecule has 0 saturated carbocycles. The number of carbonyl (C=O) groups is 2. The standard InChI is InChI=1S/C32H43N5O2/c1-23-10-4-5-11-25(23)20-34-32(39)31(24(2)28-21-33-29-13-7-6-12-27(28)29)35-30(38)22-36-18-14-26(15-19-36)37-16-8-3-9-17-37/h4-7,10-13,21,24,26,31,33H,3,8-9,14-20,22H2,1-2H3,(H,34,39)(H,35,38). The van der Waals surface area contributed by atoms with Crippen molar-refractivity contribution < 1.29 is 9.59 Å². The molecule has 2 aromatic carbocycles. The summed E-state index contributed by atoms with van der Waals surface area (Å²) in [5, 5.41) is 7.30. The molecule has 7 heteroatoms. The number of hydrogen-bond donors (Lipinski definition) is 3. The van der Waals surface area contributed by atoms with E-state index in [2.05, 4.69) is 31.5 Å². The molecule has 2 amide bonds. The van der Waals surface area contributed by atoms with Crippen LogP contribution in [0.4, 0.5) is 0 Å². The van der Waals surface area contributed by atoms with E-state index in [0.29, 0.717) is 19.1 Å². The van der Waals surface area contributed by atoms with Crippen LogP contribution in [-0.4, -0.2) is 71.4 Å². The van der Waals surface area contributed by atoms with E-state index in [4.69, 9.17) is 0 Å². The van der Waals surface area contributed by atoms with Crippen LogP contribution in [0, 0.1) is 6.92 Å². The third-order valence-corrected chi connectivity index (χ3v) is 8.76. The van der Waals surface area contributed by atoms with Crippen molar-refractivity contribution in [3.63, 3.8) is 0 Å². The molecule has 2 aliphatic heterocycles. The summed E-state index contributed by atoms with van der Waals surface area (Å²) in [5.41, 5.74) is 4.27. The van der Waals surface area contributed by atoms with Gasteiger partial charge in [-0.2, -0.15) is 0 Å². The Morgan fingerprint density at radius 2 is 1.69 bits per heavy atom. The Kier molecular flexibility index (Phi) is 8.99. The molecule has 0 bridgehead atoms. The molecule has 2 atom stereocenters. The second-order valence-electron chi connectivity index (χ2n) is 11.4. The minimum Gasteiger partial charge on any atom is -0.361 e. The van der Waals surface area contributed by atoms with Gasteiger partial charge >= 0.3 is 0 Å². The topological polar surface area (TPSA) is 80.5 Å². The summed E-state index contributed by atoms with van der Waals surface area (Å²) in [6.07, 6.45) is 8.16. The van der Waals surface area contributed by atoms with E-state index in [1.165, 1.54) is 32.4 Å². The van der Waals surface area contributed by atoms with Gasteiger partial charge in [-0.3, -0.25) is 14.5 Å². The Bertz CT molecular complexity index is 1260. The van der Waals surface area contributed by atoms with Crippen LogP contribution in [-0.2, 0) is 16.1 Å². The molecule has 2 aliphatic rings. The zero-order chi connectivity index (χ0) is 27.2. The van der Waals surface area contributed by atoms with Crippen LogP contribution in [0.3, 0.4) is 0 Å². The molecular weight excluding hydrogens is 486 g/mol. The van der Waals surface area contributed by atoms with Crippen molar-refractivity contribution in [3.05, 3.63) is 71.4 Å². The van der Waals surface area contributed by atoms with Crippen LogP contribution in [0.25, 0.3) is 10.9 Å². The maximum Gasteiger partial charge on any atom is 0.243 e. The van der Waals surface area contributed by atoms with E-state index in [9.17, 15) is 9.59 Å². The van der Waals surface area contributed by atoms with E-state index < -0.39 is 6.04 Å². The fourth-order valence-electron chi connectivity index (χ4n) is 6.32. The SMILES string of the molecule is Cc1ccccc1CNC(=O)C(NC(=O)CN1CCC(N2CCCCC2)CC1)C(C)c1c[nH]c2ccccc12.